The molecule has 1 atom stereocenters. The van der Waals surface area contributed by atoms with Crippen LogP contribution >= 0.6 is 0 Å². The zero-order chi connectivity index (χ0) is 17.2. The summed E-state index contributed by atoms with van der Waals surface area (Å²) in [6, 6.07) is 12.1. The highest BCUT2D eigenvalue weighted by Gasteiger charge is 2.31. The van der Waals surface area contributed by atoms with Gasteiger partial charge in [-0.05, 0) is 29.3 Å². The maximum Gasteiger partial charge on any atom is 0.416 e. The molecule has 1 aliphatic rings. The van der Waals surface area contributed by atoms with Crippen molar-refractivity contribution in [3.05, 3.63) is 83.1 Å². The molecule has 2 aromatic carbocycles. The number of fused-ring (bicyclic) bond motifs is 1. The van der Waals surface area contributed by atoms with Gasteiger partial charge in [0.05, 0.1) is 11.8 Å². The first kappa shape index (κ1) is 16.0. The van der Waals surface area contributed by atoms with Crippen molar-refractivity contribution < 1.29 is 18.0 Å². The normalized spacial score (nSPS) is 17.1. The molecule has 0 radical (unpaired) electrons. The van der Waals surface area contributed by atoms with Crippen LogP contribution in [0.3, 0.4) is 0 Å². The molecular weight excluding hydrogens is 317 g/mol. The first-order chi connectivity index (χ1) is 11.5. The summed E-state index contributed by atoms with van der Waals surface area (Å²) in [5.74, 6) is 0. The Morgan fingerprint density at radius 1 is 1.04 bits per heavy atom. The smallest absolute Gasteiger partial charge is 0.299 e. The number of carbonyl (C=O) groups is 1. The lowest BCUT2D eigenvalue weighted by Crippen LogP contribution is -2.24. The lowest BCUT2D eigenvalue weighted by atomic mass is 9.93. The van der Waals surface area contributed by atoms with Crippen molar-refractivity contribution in [3.8, 4) is 0 Å². The van der Waals surface area contributed by atoms with Crippen molar-refractivity contribution in [2.75, 3.05) is 0 Å². The van der Waals surface area contributed by atoms with Crippen molar-refractivity contribution in [1.82, 2.24) is 5.01 Å². The molecule has 0 saturated heterocycles. The van der Waals surface area contributed by atoms with E-state index in [2.05, 4.69) is 5.10 Å². The molecule has 3 rings (SSSR count). The summed E-state index contributed by atoms with van der Waals surface area (Å²) in [5, 5.41) is 5.83. The van der Waals surface area contributed by atoms with Gasteiger partial charge in [0.2, 0.25) is 0 Å². The van der Waals surface area contributed by atoms with Crippen LogP contribution in [0.5, 0.6) is 0 Å². The summed E-state index contributed by atoms with van der Waals surface area (Å²) in [5.41, 5.74) is 1.75. The van der Waals surface area contributed by atoms with Gasteiger partial charge in [-0.15, -0.1) is 0 Å². The average molecular weight is 330 g/mol. The molecule has 0 aromatic heterocycles. The first-order valence-corrected chi connectivity index (χ1v) is 7.21. The Morgan fingerprint density at radius 3 is 2.42 bits per heavy atom. The summed E-state index contributed by atoms with van der Waals surface area (Å²) < 4.78 is 38.3. The molecule has 0 N–H and O–H groups in total. The Balaban J connectivity index is 2.05. The van der Waals surface area contributed by atoms with Crippen LogP contribution in [0.2, 0.25) is 0 Å². The van der Waals surface area contributed by atoms with Crippen molar-refractivity contribution in [2.45, 2.75) is 12.2 Å². The molecule has 1 aliphatic heterocycles. The number of halogens is 3. The number of hydrazone groups is 1. The van der Waals surface area contributed by atoms with Gasteiger partial charge in [-0.1, -0.05) is 36.4 Å². The Bertz CT molecular complexity index is 795. The topological polar surface area (TPSA) is 32.7 Å². The quantitative estimate of drug-likeness (QED) is 0.625. The molecule has 2 aromatic rings. The Morgan fingerprint density at radius 2 is 1.75 bits per heavy atom. The minimum atomic E-state index is -4.38. The number of allylic oxidation sites excluding steroid dienone is 1. The minimum absolute atomic E-state index is 0.398. The lowest BCUT2D eigenvalue weighted by Gasteiger charge is -2.31. The first-order valence-electron chi connectivity index (χ1n) is 7.21. The van der Waals surface area contributed by atoms with Gasteiger partial charge in [0.15, 0.2) is 0 Å². The molecule has 0 bridgehead atoms. The predicted molar refractivity (Wildman–Crippen MR) is 84.4 cm³/mol. The molecule has 0 aliphatic carbocycles. The highest BCUT2D eigenvalue weighted by molar-refractivity contribution is 5.83. The van der Waals surface area contributed by atoms with Crippen LogP contribution in [0.1, 0.15) is 28.3 Å². The van der Waals surface area contributed by atoms with Crippen LogP contribution in [0.4, 0.5) is 13.2 Å². The molecule has 1 heterocycles. The van der Waals surface area contributed by atoms with Crippen molar-refractivity contribution >= 4 is 12.5 Å². The van der Waals surface area contributed by atoms with Gasteiger partial charge in [0.1, 0.15) is 12.3 Å². The minimum Gasteiger partial charge on any atom is -0.299 e. The fourth-order valence-electron chi connectivity index (χ4n) is 2.65. The predicted octanol–water partition coefficient (Wildman–Crippen LogP) is 4.16. The van der Waals surface area contributed by atoms with Crippen LogP contribution in [0, 0.1) is 0 Å². The number of hydrogen-bond acceptors (Lipinski definition) is 3. The van der Waals surface area contributed by atoms with E-state index in [0.717, 1.165) is 23.3 Å². The molecule has 0 fully saturated rings. The third-order valence-electron chi connectivity index (χ3n) is 3.76. The largest absolute Gasteiger partial charge is 0.416 e. The third-order valence-corrected chi connectivity index (χ3v) is 3.76. The molecule has 24 heavy (non-hydrogen) atoms. The van der Waals surface area contributed by atoms with E-state index in [-0.39, 0.29) is 0 Å². The standard InChI is InChI=1S/C18H13F3N2O/c19-18(20,21)15-8-6-13(7-9-15)17-16-5-2-1-4-14(16)12-22-23(17)10-3-11-24/h1-12,17H. The van der Waals surface area contributed by atoms with Crippen molar-refractivity contribution in [1.29, 1.82) is 0 Å². The lowest BCUT2D eigenvalue weighted by molar-refractivity contribution is -0.137. The van der Waals surface area contributed by atoms with Gasteiger partial charge in [0, 0.05) is 11.8 Å². The van der Waals surface area contributed by atoms with E-state index in [1.807, 2.05) is 24.3 Å². The Hall–Kier alpha value is -2.89. The van der Waals surface area contributed by atoms with Crippen LogP contribution in [0.25, 0.3) is 0 Å². The summed E-state index contributed by atoms with van der Waals surface area (Å²) in [4.78, 5) is 10.6. The van der Waals surface area contributed by atoms with Gasteiger partial charge in [0.25, 0.3) is 0 Å². The molecule has 0 amide bonds. The van der Waals surface area contributed by atoms with Crippen molar-refractivity contribution in [3.63, 3.8) is 0 Å². The molecule has 0 spiro atoms. The third kappa shape index (κ3) is 3.08. The Labute approximate surface area is 136 Å². The molecule has 0 saturated carbocycles. The summed E-state index contributed by atoms with van der Waals surface area (Å²) in [6.07, 6.45) is 0.702. The highest BCUT2D eigenvalue weighted by Crippen LogP contribution is 2.36. The van der Waals surface area contributed by atoms with E-state index in [0.29, 0.717) is 11.8 Å². The summed E-state index contributed by atoms with van der Waals surface area (Å²) in [6.45, 7) is 0. The summed E-state index contributed by atoms with van der Waals surface area (Å²) >= 11 is 0. The molecule has 6 heteroatoms. The maximum atomic E-state index is 12.8. The second-order valence-corrected chi connectivity index (χ2v) is 5.25. The van der Waals surface area contributed by atoms with E-state index < -0.39 is 17.8 Å². The Kier molecular flexibility index (Phi) is 4.20. The molecule has 3 nitrogen and oxygen atoms in total. The number of nitrogens with zero attached hydrogens (tertiary/aromatic N) is 2. The SMILES string of the molecule is O=CC=CN1N=Cc2ccccc2C1c1ccc(C(F)(F)F)cc1. The number of alkyl halides is 3. The molecule has 1 unspecified atom stereocenters. The monoisotopic (exact) mass is 330 g/mol. The van der Waals surface area contributed by atoms with Gasteiger partial charge >= 0.3 is 6.18 Å². The van der Waals surface area contributed by atoms with Gasteiger partial charge in [-0.25, -0.2) is 0 Å². The number of rotatable bonds is 3. The fraction of sp³-hybridized carbons (Fsp3) is 0.111. The van der Waals surface area contributed by atoms with E-state index >= 15 is 0 Å². The van der Waals surface area contributed by atoms with Crippen molar-refractivity contribution in [2.24, 2.45) is 5.10 Å². The second-order valence-electron chi connectivity index (χ2n) is 5.25. The highest BCUT2D eigenvalue weighted by atomic mass is 19.4. The molecule has 122 valence electrons. The fourth-order valence-corrected chi connectivity index (χ4v) is 2.65. The average Bonchev–Trinajstić information content (AvgIpc) is 2.58. The van der Waals surface area contributed by atoms with E-state index in [1.165, 1.54) is 24.4 Å². The number of hydrogen-bond donors (Lipinski definition) is 0. The number of benzene rings is 2. The number of aldehydes is 1. The molecular formula is C18H13F3N2O. The van der Waals surface area contributed by atoms with Crippen LogP contribution < -0.4 is 0 Å². The van der Waals surface area contributed by atoms with Crippen LogP contribution in [-0.2, 0) is 11.0 Å². The zero-order valence-electron chi connectivity index (χ0n) is 12.4. The van der Waals surface area contributed by atoms with Crippen LogP contribution in [-0.4, -0.2) is 17.5 Å². The second kappa shape index (κ2) is 6.31. The van der Waals surface area contributed by atoms with Gasteiger partial charge < -0.3 is 0 Å². The van der Waals surface area contributed by atoms with E-state index in [4.69, 9.17) is 0 Å². The summed E-state index contributed by atoms with van der Waals surface area (Å²) in [7, 11) is 0. The van der Waals surface area contributed by atoms with Crippen LogP contribution in [0.15, 0.2) is 65.9 Å². The number of carbonyl (C=O) groups excluding carboxylic acids is 1. The maximum absolute atomic E-state index is 12.8. The van der Waals surface area contributed by atoms with E-state index in [9.17, 15) is 18.0 Å². The van der Waals surface area contributed by atoms with Gasteiger partial charge in [-0.2, -0.15) is 18.3 Å². The zero-order valence-corrected chi connectivity index (χ0v) is 12.4. The van der Waals surface area contributed by atoms with E-state index in [1.54, 1.807) is 11.2 Å². The van der Waals surface area contributed by atoms with Gasteiger partial charge in [-0.3, -0.25) is 9.80 Å².